The van der Waals surface area contributed by atoms with Gasteiger partial charge in [-0.25, -0.2) is 0 Å². The zero-order valence-corrected chi connectivity index (χ0v) is 25.8. The van der Waals surface area contributed by atoms with E-state index >= 15 is 0 Å². The van der Waals surface area contributed by atoms with Crippen LogP contribution in [0.4, 0.5) is 0 Å². The van der Waals surface area contributed by atoms with Gasteiger partial charge in [0.15, 0.2) is 0 Å². The van der Waals surface area contributed by atoms with Crippen LogP contribution in [-0.4, -0.2) is 17.7 Å². The molecule has 220 valence electrons. The predicted molar refractivity (Wildman–Crippen MR) is 164 cm³/mol. The Morgan fingerprint density at radius 1 is 0.711 bits per heavy atom. The number of hydrogen-bond donors (Lipinski definition) is 1. The van der Waals surface area contributed by atoms with Crippen molar-refractivity contribution in [1.82, 2.24) is 0 Å². The lowest BCUT2D eigenvalue weighted by Crippen LogP contribution is -2.17. The van der Waals surface area contributed by atoms with Crippen LogP contribution in [0.3, 0.4) is 0 Å². The average molecular weight is 531 g/mol. The standard InChI is InChI=1S/C35H62O3/c1-5-7-8-9-10-11-12-13-14-15-16-17-18-19-20-21-22-23-29-38-34(37)27-25-31-24-26-33(36)32(30-31)35(3,4)28-6-2/h24,26,30,36H,5-23,25,27-29H2,1-4H3. The van der Waals surface area contributed by atoms with Crippen molar-refractivity contribution < 1.29 is 14.6 Å². The minimum atomic E-state index is -0.112. The smallest absolute Gasteiger partial charge is 0.306 e. The molecular weight excluding hydrogens is 468 g/mol. The SMILES string of the molecule is CCCCCCCCCCCCCCCCCCCCOC(=O)CCc1ccc(O)c(C(C)(C)CCC)c1. The number of hydrogen-bond acceptors (Lipinski definition) is 3. The number of aromatic hydroxyl groups is 1. The van der Waals surface area contributed by atoms with Gasteiger partial charge in [0, 0.05) is 6.42 Å². The third-order valence-electron chi connectivity index (χ3n) is 8.04. The van der Waals surface area contributed by atoms with Gasteiger partial charge in [-0.3, -0.25) is 4.79 Å². The number of aryl methyl sites for hydroxylation is 1. The van der Waals surface area contributed by atoms with Crippen LogP contribution in [0.25, 0.3) is 0 Å². The highest BCUT2D eigenvalue weighted by Crippen LogP contribution is 2.35. The minimum absolute atomic E-state index is 0.0674. The highest BCUT2D eigenvalue weighted by molar-refractivity contribution is 5.69. The van der Waals surface area contributed by atoms with Crippen LogP contribution < -0.4 is 0 Å². The molecule has 0 atom stereocenters. The number of unbranched alkanes of at least 4 members (excludes halogenated alkanes) is 17. The molecule has 3 nitrogen and oxygen atoms in total. The van der Waals surface area contributed by atoms with E-state index in [-0.39, 0.29) is 11.4 Å². The zero-order valence-electron chi connectivity index (χ0n) is 25.8. The maximum Gasteiger partial charge on any atom is 0.306 e. The second-order valence-corrected chi connectivity index (χ2v) is 12.2. The number of carbonyl (C=O) groups is 1. The van der Waals surface area contributed by atoms with Crippen molar-refractivity contribution in [3.8, 4) is 5.75 Å². The number of phenolic OH excluding ortho intramolecular Hbond substituents is 1. The summed E-state index contributed by atoms with van der Waals surface area (Å²) in [6.07, 6.45) is 27.6. The molecule has 3 heteroatoms. The molecule has 0 spiro atoms. The van der Waals surface area contributed by atoms with Gasteiger partial charge in [-0.15, -0.1) is 0 Å². The average Bonchev–Trinajstić information content (AvgIpc) is 2.89. The van der Waals surface area contributed by atoms with Crippen molar-refractivity contribution in [2.24, 2.45) is 0 Å². The van der Waals surface area contributed by atoms with Crippen molar-refractivity contribution in [2.75, 3.05) is 6.61 Å². The number of rotatable bonds is 25. The number of phenols is 1. The molecule has 0 radical (unpaired) electrons. The largest absolute Gasteiger partial charge is 0.508 e. The number of esters is 1. The van der Waals surface area contributed by atoms with Crippen LogP contribution in [-0.2, 0) is 21.4 Å². The molecule has 1 rings (SSSR count). The number of benzene rings is 1. The highest BCUT2D eigenvalue weighted by atomic mass is 16.5. The first-order valence-electron chi connectivity index (χ1n) is 16.4. The van der Waals surface area contributed by atoms with E-state index in [1.165, 1.54) is 103 Å². The Labute approximate surface area is 236 Å². The fourth-order valence-corrected chi connectivity index (χ4v) is 5.55. The molecule has 0 amide bonds. The molecule has 1 aromatic rings. The molecular formula is C35H62O3. The molecule has 0 fully saturated rings. The van der Waals surface area contributed by atoms with Gasteiger partial charge >= 0.3 is 5.97 Å². The van der Waals surface area contributed by atoms with E-state index < -0.39 is 0 Å². The summed E-state index contributed by atoms with van der Waals surface area (Å²) in [5, 5.41) is 10.3. The number of carbonyl (C=O) groups excluding carboxylic acids is 1. The van der Waals surface area contributed by atoms with Gasteiger partial charge in [0.1, 0.15) is 5.75 Å². The molecule has 1 aromatic carbocycles. The molecule has 1 N–H and O–H groups in total. The van der Waals surface area contributed by atoms with Gasteiger partial charge in [-0.05, 0) is 41.9 Å². The van der Waals surface area contributed by atoms with E-state index in [0.717, 1.165) is 36.8 Å². The minimum Gasteiger partial charge on any atom is -0.508 e. The van der Waals surface area contributed by atoms with E-state index in [1.807, 2.05) is 6.07 Å². The summed E-state index contributed by atoms with van der Waals surface area (Å²) in [5.74, 6) is 0.239. The Balaban J connectivity index is 1.95. The van der Waals surface area contributed by atoms with Crippen LogP contribution in [0, 0.1) is 0 Å². The lowest BCUT2D eigenvalue weighted by Gasteiger charge is -2.26. The first kappa shape index (κ1) is 34.5. The molecule has 0 unspecified atom stereocenters. The van der Waals surface area contributed by atoms with Gasteiger partial charge in [0.05, 0.1) is 6.61 Å². The second kappa shape index (κ2) is 22.3. The van der Waals surface area contributed by atoms with Crippen LogP contribution in [0.2, 0.25) is 0 Å². The summed E-state index contributed by atoms with van der Waals surface area (Å²) >= 11 is 0. The second-order valence-electron chi connectivity index (χ2n) is 12.2. The maximum absolute atomic E-state index is 12.2. The van der Waals surface area contributed by atoms with Crippen LogP contribution >= 0.6 is 0 Å². The molecule has 0 aromatic heterocycles. The highest BCUT2D eigenvalue weighted by Gasteiger charge is 2.23. The van der Waals surface area contributed by atoms with Gasteiger partial charge in [-0.2, -0.15) is 0 Å². The topological polar surface area (TPSA) is 46.5 Å². The van der Waals surface area contributed by atoms with Gasteiger partial charge in [0.25, 0.3) is 0 Å². The van der Waals surface area contributed by atoms with Crippen LogP contribution in [0.1, 0.15) is 174 Å². The predicted octanol–water partition coefficient (Wildman–Crippen LogP) is 11.0. The summed E-state index contributed by atoms with van der Waals surface area (Å²) in [4.78, 5) is 12.2. The summed E-state index contributed by atoms with van der Waals surface area (Å²) in [5.41, 5.74) is 2.00. The van der Waals surface area contributed by atoms with E-state index in [0.29, 0.717) is 25.2 Å². The fraction of sp³-hybridized carbons (Fsp3) is 0.800. The summed E-state index contributed by atoms with van der Waals surface area (Å²) in [6.45, 7) is 9.34. The van der Waals surface area contributed by atoms with Crippen molar-refractivity contribution in [3.05, 3.63) is 29.3 Å². The van der Waals surface area contributed by atoms with Crippen LogP contribution in [0.5, 0.6) is 5.75 Å². The van der Waals surface area contributed by atoms with Gasteiger partial charge < -0.3 is 9.84 Å². The number of ether oxygens (including phenoxy) is 1. The first-order valence-corrected chi connectivity index (χ1v) is 16.4. The quantitative estimate of drug-likeness (QED) is 0.101. The van der Waals surface area contributed by atoms with E-state index in [2.05, 4.69) is 33.8 Å². The molecule has 0 heterocycles. The molecule has 0 aliphatic carbocycles. The van der Waals surface area contributed by atoms with Crippen LogP contribution in [0.15, 0.2) is 18.2 Å². The molecule has 0 bridgehead atoms. The lowest BCUT2D eigenvalue weighted by atomic mass is 9.79. The van der Waals surface area contributed by atoms with E-state index in [9.17, 15) is 9.90 Å². The van der Waals surface area contributed by atoms with Crippen molar-refractivity contribution >= 4 is 5.97 Å². The van der Waals surface area contributed by atoms with Crippen molar-refractivity contribution in [3.63, 3.8) is 0 Å². The van der Waals surface area contributed by atoms with E-state index in [1.54, 1.807) is 6.07 Å². The normalized spacial score (nSPS) is 11.7. The summed E-state index contributed by atoms with van der Waals surface area (Å²) < 4.78 is 5.46. The Morgan fingerprint density at radius 2 is 1.18 bits per heavy atom. The third kappa shape index (κ3) is 17.2. The Morgan fingerprint density at radius 3 is 1.66 bits per heavy atom. The van der Waals surface area contributed by atoms with Crippen molar-refractivity contribution in [1.29, 1.82) is 0 Å². The lowest BCUT2D eigenvalue weighted by molar-refractivity contribution is -0.143. The third-order valence-corrected chi connectivity index (χ3v) is 8.04. The summed E-state index contributed by atoms with van der Waals surface area (Å²) in [6, 6.07) is 5.76. The first-order chi connectivity index (χ1) is 18.4. The molecule has 0 saturated heterocycles. The monoisotopic (exact) mass is 530 g/mol. The Hall–Kier alpha value is -1.51. The molecule has 0 saturated carbocycles. The Kier molecular flexibility index (Phi) is 20.3. The van der Waals surface area contributed by atoms with E-state index in [4.69, 9.17) is 4.74 Å². The molecule has 0 aliphatic rings. The summed E-state index contributed by atoms with van der Waals surface area (Å²) in [7, 11) is 0. The Bertz CT molecular complexity index is 709. The molecule has 0 aliphatic heterocycles. The zero-order chi connectivity index (χ0) is 27.9. The maximum atomic E-state index is 12.2. The van der Waals surface area contributed by atoms with Crippen molar-refractivity contribution in [2.45, 2.75) is 174 Å². The van der Waals surface area contributed by atoms with Gasteiger partial charge in [0.2, 0.25) is 0 Å². The van der Waals surface area contributed by atoms with Gasteiger partial charge in [-0.1, -0.05) is 155 Å². The molecule has 38 heavy (non-hydrogen) atoms. The fourth-order valence-electron chi connectivity index (χ4n) is 5.55.